The summed E-state index contributed by atoms with van der Waals surface area (Å²) in [5.74, 6) is -0.305. The quantitative estimate of drug-likeness (QED) is 0.662. The van der Waals surface area contributed by atoms with Crippen molar-refractivity contribution in [1.29, 1.82) is 0 Å². The van der Waals surface area contributed by atoms with Gasteiger partial charge in [-0.1, -0.05) is 12.1 Å². The van der Waals surface area contributed by atoms with Crippen LogP contribution in [0.1, 0.15) is 48.1 Å². The fraction of sp³-hybridized carbons (Fsp3) is 0.444. The lowest BCUT2D eigenvalue weighted by molar-refractivity contribution is -0.143. The van der Waals surface area contributed by atoms with Gasteiger partial charge in [0, 0.05) is 49.2 Å². The number of carbonyl (C=O) groups excluding carboxylic acids is 4. The predicted molar refractivity (Wildman–Crippen MR) is 132 cm³/mol. The Labute approximate surface area is 214 Å². The topological polar surface area (TPSA) is 121 Å². The Hall–Kier alpha value is -3.95. The monoisotopic (exact) mass is 503 g/mol. The van der Waals surface area contributed by atoms with E-state index < -0.39 is 17.6 Å². The number of aryl methyl sites for hydroxylation is 2. The minimum absolute atomic E-state index is 0.0721. The number of urea groups is 1. The molecule has 2 aromatic rings. The number of ether oxygens (including phenoxy) is 1. The SMILES string of the molecule is CNC(=O)Nc1ccc2c(c1)CC[C@]21OC(=O)N(CC(=O)N2Cc3cccnc3CC[C@H]2C2CC2)C1=O. The summed E-state index contributed by atoms with van der Waals surface area (Å²) in [7, 11) is 1.53. The van der Waals surface area contributed by atoms with Crippen LogP contribution in [0, 0.1) is 5.92 Å². The van der Waals surface area contributed by atoms with Crippen LogP contribution in [0.3, 0.4) is 0 Å². The van der Waals surface area contributed by atoms with Crippen LogP contribution in [-0.2, 0) is 39.3 Å². The Balaban J connectivity index is 1.23. The fourth-order valence-electron chi connectivity index (χ4n) is 5.98. The molecule has 2 fully saturated rings. The number of amides is 5. The van der Waals surface area contributed by atoms with Gasteiger partial charge in [-0.25, -0.2) is 14.5 Å². The lowest BCUT2D eigenvalue weighted by Crippen LogP contribution is -2.48. The van der Waals surface area contributed by atoms with E-state index in [-0.39, 0.29) is 24.5 Å². The molecule has 2 N–H and O–H groups in total. The van der Waals surface area contributed by atoms with E-state index >= 15 is 0 Å². The smallest absolute Gasteiger partial charge is 0.418 e. The highest BCUT2D eigenvalue weighted by atomic mass is 16.6. The van der Waals surface area contributed by atoms with Crippen molar-refractivity contribution in [3.05, 3.63) is 58.9 Å². The first kappa shape index (κ1) is 23.4. The van der Waals surface area contributed by atoms with Crippen molar-refractivity contribution in [2.45, 2.75) is 56.7 Å². The van der Waals surface area contributed by atoms with Crippen LogP contribution < -0.4 is 10.6 Å². The largest absolute Gasteiger partial charge is 0.427 e. The van der Waals surface area contributed by atoms with Crippen LogP contribution in [-0.4, -0.2) is 58.4 Å². The number of benzene rings is 1. The molecule has 2 atom stereocenters. The number of nitrogens with one attached hydrogen (secondary N) is 2. The minimum Gasteiger partial charge on any atom is -0.427 e. The molecule has 5 amide bonds. The molecule has 10 nitrogen and oxygen atoms in total. The number of aromatic nitrogens is 1. The third-order valence-corrected chi connectivity index (χ3v) is 8.03. The normalized spacial score (nSPS) is 24.4. The van der Waals surface area contributed by atoms with Crippen LogP contribution in [0.15, 0.2) is 36.5 Å². The maximum atomic E-state index is 13.6. The van der Waals surface area contributed by atoms with Crippen LogP contribution in [0.4, 0.5) is 15.3 Å². The molecule has 2 aliphatic carbocycles. The summed E-state index contributed by atoms with van der Waals surface area (Å²) in [6.07, 6.45) is 5.59. The Morgan fingerprint density at radius 2 is 1.97 bits per heavy atom. The second kappa shape index (κ2) is 8.86. The van der Waals surface area contributed by atoms with Crippen LogP contribution >= 0.6 is 0 Å². The summed E-state index contributed by atoms with van der Waals surface area (Å²) in [5, 5.41) is 5.21. The maximum Gasteiger partial charge on any atom is 0.418 e. The molecule has 37 heavy (non-hydrogen) atoms. The van der Waals surface area contributed by atoms with Gasteiger partial charge in [0.2, 0.25) is 11.5 Å². The Morgan fingerprint density at radius 1 is 1.14 bits per heavy atom. The van der Waals surface area contributed by atoms with Gasteiger partial charge in [-0.3, -0.25) is 14.6 Å². The van der Waals surface area contributed by atoms with E-state index in [9.17, 15) is 19.2 Å². The zero-order valence-electron chi connectivity index (χ0n) is 20.7. The van der Waals surface area contributed by atoms with Gasteiger partial charge in [-0.2, -0.15) is 0 Å². The molecule has 0 unspecified atom stereocenters. The molecule has 6 rings (SSSR count). The van der Waals surface area contributed by atoms with Gasteiger partial charge in [0.15, 0.2) is 0 Å². The lowest BCUT2D eigenvalue weighted by Gasteiger charge is -2.31. The molecule has 0 radical (unpaired) electrons. The van der Waals surface area contributed by atoms with E-state index in [0.717, 1.165) is 47.4 Å². The second-order valence-electron chi connectivity index (χ2n) is 10.2. The molecular formula is C27H29N5O5. The van der Waals surface area contributed by atoms with E-state index in [4.69, 9.17) is 4.74 Å². The average molecular weight is 504 g/mol. The van der Waals surface area contributed by atoms with Gasteiger partial charge in [0.25, 0.3) is 5.91 Å². The summed E-state index contributed by atoms with van der Waals surface area (Å²) >= 11 is 0. The first-order chi connectivity index (χ1) is 17.9. The van der Waals surface area contributed by atoms with Crippen LogP contribution in [0.25, 0.3) is 0 Å². The summed E-state index contributed by atoms with van der Waals surface area (Å²) in [6.45, 7) is 0.0826. The van der Waals surface area contributed by atoms with Crippen molar-refractivity contribution in [2.75, 3.05) is 18.9 Å². The highest BCUT2D eigenvalue weighted by molar-refractivity contribution is 6.06. The molecule has 2 aliphatic heterocycles. The third-order valence-electron chi connectivity index (χ3n) is 8.03. The van der Waals surface area contributed by atoms with Crippen molar-refractivity contribution in [1.82, 2.24) is 20.1 Å². The molecule has 4 aliphatic rings. The molecule has 192 valence electrons. The van der Waals surface area contributed by atoms with Crippen molar-refractivity contribution in [3.8, 4) is 0 Å². The summed E-state index contributed by atoms with van der Waals surface area (Å²) in [6, 6.07) is 8.77. The number of carbonyl (C=O) groups is 4. The standard InChI is InChI=1S/C27H29N5O5/c1-28-25(35)30-19-6-7-20-17(13-19)10-11-27(20)24(34)32(26(36)37-27)15-23(33)31-14-18-3-2-12-29-21(18)8-9-22(31)16-4-5-16/h2-3,6-7,12-13,16,22H,4-5,8-11,14-15H2,1H3,(H2,28,30,35)/t22-,27-/m0/s1. The molecule has 10 heteroatoms. The van der Waals surface area contributed by atoms with Gasteiger partial charge < -0.3 is 20.3 Å². The van der Waals surface area contributed by atoms with Gasteiger partial charge in [-0.15, -0.1) is 0 Å². The number of imide groups is 1. The maximum absolute atomic E-state index is 13.6. The van der Waals surface area contributed by atoms with Gasteiger partial charge >= 0.3 is 12.1 Å². The first-order valence-electron chi connectivity index (χ1n) is 12.8. The lowest BCUT2D eigenvalue weighted by atomic mass is 9.94. The Kier molecular flexibility index (Phi) is 5.62. The minimum atomic E-state index is -1.43. The number of pyridine rings is 1. The number of nitrogens with zero attached hydrogens (tertiary/aromatic N) is 3. The zero-order chi connectivity index (χ0) is 25.7. The number of hydrogen-bond acceptors (Lipinski definition) is 6. The van der Waals surface area contributed by atoms with Gasteiger partial charge in [0.1, 0.15) is 6.54 Å². The van der Waals surface area contributed by atoms with Crippen molar-refractivity contribution < 1.29 is 23.9 Å². The Morgan fingerprint density at radius 3 is 2.76 bits per heavy atom. The van der Waals surface area contributed by atoms with E-state index in [0.29, 0.717) is 36.6 Å². The predicted octanol–water partition coefficient (Wildman–Crippen LogP) is 2.71. The summed E-state index contributed by atoms with van der Waals surface area (Å²) in [5.41, 5.74) is 2.61. The molecule has 1 spiro atoms. The molecular weight excluding hydrogens is 474 g/mol. The van der Waals surface area contributed by atoms with Gasteiger partial charge in [-0.05, 0) is 67.3 Å². The summed E-state index contributed by atoms with van der Waals surface area (Å²) < 4.78 is 5.72. The Bertz CT molecular complexity index is 1310. The molecule has 3 heterocycles. The number of anilines is 1. The molecule has 1 saturated carbocycles. The van der Waals surface area contributed by atoms with E-state index in [1.54, 1.807) is 24.4 Å². The summed E-state index contributed by atoms with van der Waals surface area (Å²) in [4.78, 5) is 59.2. The number of fused-ring (bicyclic) bond motifs is 3. The number of rotatable bonds is 4. The molecule has 1 saturated heterocycles. The molecule has 1 aromatic heterocycles. The molecule has 0 bridgehead atoms. The first-order valence-corrected chi connectivity index (χ1v) is 12.8. The van der Waals surface area contributed by atoms with E-state index in [1.165, 1.54) is 7.05 Å². The van der Waals surface area contributed by atoms with Crippen molar-refractivity contribution in [2.24, 2.45) is 5.92 Å². The van der Waals surface area contributed by atoms with E-state index in [2.05, 4.69) is 15.6 Å². The number of hydrogen-bond donors (Lipinski definition) is 2. The highest BCUT2D eigenvalue weighted by Gasteiger charge is 2.58. The van der Waals surface area contributed by atoms with Gasteiger partial charge in [0.05, 0.1) is 0 Å². The second-order valence-corrected chi connectivity index (χ2v) is 10.2. The molecule has 1 aromatic carbocycles. The highest BCUT2D eigenvalue weighted by Crippen LogP contribution is 2.46. The van der Waals surface area contributed by atoms with Crippen LogP contribution in [0.2, 0.25) is 0 Å². The van der Waals surface area contributed by atoms with Crippen LogP contribution in [0.5, 0.6) is 0 Å². The van der Waals surface area contributed by atoms with E-state index in [1.807, 2.05) is 17.0 Å². The average Bonchev–Trinajstić information content (AvgIpc) is 3.66. The van der Waals surface area contributed by atoms with Crippen molar-refractivity contribution >= 4 is 29.6 Å². The third kappa shape index (κ3) is 4.00. The fourth-order valence-corrected chi connectivity index (χ4v) is 5.98. The zero-order valence-corrected chi connectivity index (χ0v) is 20.7. The van der Waals surface area contributed by atoms with Crippen molar-refractivity contribution in [3.63, 3.8) is 0 Å².